The SMILES string of the molecule is C[Si](C)(C)CCOCn1cc(-c2nc(N[C@H]3CC[C@@H]3N3CCCC3)ncc2C(F)(F)F)c2ccc(C#N)cc21. The molecule has 1 aromatic carbocycles. The average molecular weight is 557 g/mol. The van der Waals surface area contributed by atoms with Crippen LogP contribution in [0, 0.1) is 11.3 Å². The van der Waals surface area contributed by atoms with Gasteiger partial charge in [0.2, 0.25) is 5.95 Å². The molecule has 0 bridgehead atoms. The number of benzene rings is 1. The molecule has 11 heteroatoms. The number of halogens is 3. The van der Waals surface area contributed by atoms with E-state index < -0.39 is 19.8 Å². The monoisotopic (exact) mass is 556 g/mol. The zero-order valence-corrected chi connectivity index (χ0v) is 23.7. The molecular weight excluding hydrogens is 521 g/mol. The molecule has 3 heterocycles. The summed E-state index contributed by atoms with van der Waals surface area (Å²) in [5.74, 6) is 0.202. The summed E-state index contributed by atoms with van der Waals surface area (Å²) in [4.78, 5) is 11.0. The maximum absolute atomic E-state index is 14.2. The smallest absolute Gasteiger partial charge is 0.361 e. The van der Waals surface area contributed by atoms with E-state index in [4.69, 9.17) is 4.74 Å². The van der Waals surface area contributed by atoms with E-state index in [0.29, 0.717) is 34.7 Å². The van der Waals surface area contributed by atoms with Crippen LogP contribution in [0.2, 0.25) is 25.7 Å². The first kappa shape index (κ1) is 27.6. The van der Waals surface area contributed by atoms with E-state index in [2.05, 4.69) is 45.9 Å². The van der Waals surface area contributed by atoms with Gasteiger partial charge in [-0.2, -0.15) is 18.4 Å². The number of likely N-dealkylation sites (tertiary alicyclic amines) is 1. The van der Waals surface area contributed by atoms with Crippen LogP contribution in [0.4, 0.5) is 19.1 Å². The van der Waals surface area contributed by atoms with Crippen LogP contribution < -0.4 is 5.32 Å². The summed E-state index contributed by atoms with van der Waals surface area (Å²) in [6.07, 6.45) is 2.28. The number of aromatic nitrogens is 3. The summed E-state index contributed by atoms with van der Waals surface area (Å²) >= 11 is 0. The van der Waals surface area contributed by atoms with Crippen LogP contribution in [-0.2, 0) is 17.6 Å². The number of rotatable bonds is 9. The standard InChI is InChI=1S/C28H35F3N6OSi/c1-39(2,3)13-12-38-18-37-17-21(20-7-6-19(15-32)14-25(20)37)26-22(28(29,30)31)16-33-27(35-26)34-23-8-9-24(23)36-10-4-5-11-36/h6-7,14,16-17,23-24H,4-5,8-13,18H2,1-3H3,(H,33,34,35)/t23-,24-/m0/s1. The molecule has 0 amide bonds. The van der Waals surface area contributed by atoms with Crippen molar-refractivity contribution in [3.63, 3.8) is 0 Å². The lowest BCUT2D eigenvalue weighted by molar-refractivity contribution is -0.137. The molecule has 0 spiro atoms. The summed E-state index contributed by atoms with van der Waals surface area (Å²) < 4.78 is 50.2. The Kier molecular flexibility index (Phi) is 7.72. The van der Waals surface area contributed by atoms with Crippen LogP contribution in [0.5, 0.6) is 0 Å². The van der Waals surface area contributed by atoms with Gasteiger partial charge >= 0.3 is 6.18 Å². The van der Waals surface area contributed by atoms with Crippen LogP contribution in [-0.4, -0.2) is 59.3 Å². The highest BCUT2D eigenvalue weighted by Gasteiger charge is 2.39. The molecule has 2 atom stereocenters. The summed E-state index contributed by atoms with van der Waals surface area (Å²) in [5, 5.41) is 13.3. The summed E-state index contributed by atoms with van der Waals surface area (Å²) in [5.41, 5.74) is 0.333. The number of nitrogens with one attached hydrogen (secondary N) is 1. The fourth-order valence-electron chi connectivity index (χ4n) is 5.39. The Hall–Kier alpha value is -2.94. The second-order valence-electron chi connectivity index (χ2n) is 11.8. The van der Waals surface area contributed by atoms with Crippen LogP contribution in [0.3, 0.4) is 0 Å². The third-order valence-electron chi connectivity index (χ3n) is 7.75. The van der Waals surface area contributed by atoms with Crippen molar-refractivity contribution in [2.75, 3.05) is 25.0 Å². The Morgan fingerprint density at radius 3 is 2.59 bits per heavy atom. The van der Waals surface area contributed by atoms with Gasteiger partial charge in [-0.25, -0.2) is 9.97 Å². The molecule has 5 rings (SSSR count). The van der Waals surface area contributed by atoms with Gasteiger partial charge in [0.15, 0.2) is 0 Å². The third kappa shape index (κ3) is 6.13. The molecule has 7 nitrogen and oxygen atoms in total. The van der Waals surface area contributed by atoms with Crippen molar-refractivity contribution in [2.24, 2.45) is 0 Å². The molecule has 1 aliphatic heterocycles. The molecule has 2 aliphatic rings. The van der Waals surface area contributed by atoms with E-state index in [1.807, 2.05) is 0 Å². The Morgan fingerprint density at radius 2 is 1.95 bits per heavy atom. The Bertz CT molecular complexity index is 1370. The lowest BCUT2D eigenvalue weighted by atomic mass is 9.85. The predicted molar refractivity (Wildman–Crippen MR) is 148 cm³/mol. The quantitative estimate of drug-likeness (QED) is 0.245. The highest BCUT2D eigenvalue weighted by molar-refractivity contribution is 6.76. The molecule has 1 N–H and O–H groups in total. The largest absolute Gasteiger partial charge is 0.419 e. The molecule has 1 aliphatic carbocycles. The van der Waals surface area contributed by atoms with Crippen LogP contribution >= 0.6 is 0 Å². The lowest BCUT2D eigenvalue weighted by Crippen LogP contribution is -2.53. The van der Waals surface area contributed by atoms with Crippen molar-refractivity contribution >= 4 is 24.9 Å². The number of alkyl halides is 3. The molecule has 0 radical (unpaired) electrons. The Morgan fingerprint density at radius 1 is 1.18 bits per heavy atom. The lowest BCUT2D eigenvalue weighted by Gasteiger charge is -2.43. The summed E-state index contributed by atoms with van der Waals surface area (Å²) in [7, 11) is -1.30. The Balaban J connectivity index is 1.50. The maximum atomic E-state index is 14.2. The van der Waals surface area contributed by atoms with Crippen molar-refractivity contribution < 1.29 is 17.9 Å². The third-order valence-corrected chi connectivity index (χ3v) is 9.45. The molecule has 39 heavy (non-hydrogen) atoms. The van der Waals surface area contributed by atoms with Gasteiger partial charge in [-0.1, -0.05) is 25.7 Å². The zero-order chi connectivity index (χ0) is 27.8. The van der Waals surface area contributed by atoms with Gasteiger partial charge in [0.1, 0.15) is 12.3 Å². The molecule has 1 saturated heterocycles. The molecule has 1 saturated carbocycles. The number of ether oxygens (including phenoxy) is 1. The summed E-state index contributed by atoms with van der Waals surface area (Å²) in [6.45, 7) is 9.64. The number of nitrogens with zero attached hydrogens (tertiary/aromatic N) is 5. The van der Waals surface area contributed by atoms with Crippen molar-refractivity contribution in [1.29, 1.82) is 5.26 Å². The van der Waals surface area contributed by atoms with E-state index in [1.54, 1.807) is 29.0 Å². The van der Waals surface area contributed by atoms with Gasteiger partial charge in [-0.15, -0.1) is 0 Å². The fourth-order valence-corrected chi connectivity index (χ4v) is 6.15. The van der Waals surface area contributed by atoms with E-state index in [0.717, 1.165) is 38.2 Å². The first-order chi connectivity index (χ1) is 18.5. The van der Waals surface area contributed by atoms with Crippen LogP contribution in [0.25, 0.3) is 22.2 Å². The predicted octanol–water partition coefficient (Wildman–Crippen LogP) is 6.34. The molecule has 3 aromatic rings. The van der Waals surface area contributed by atoms with E-state index >= 15 is 0 Å². The molecule has 208 valence electrons. The normalized spacial score (nSPS) is 20.2. The minimum absolute atomic E-state index is 0.118. The second-order valence-corrected chi connectivity index (χ2v) is 17.4. The zero-order valence-electron chi connectivity index (χ0n) is 22.7. The fraction of sp³-hybridized carbons (Fsp3) is 0.536. The van der Waals surface area contributed by atoms with Crippen molar-refractivity contribution in [2.45, 2.75) is 76.4 Å². The van der Waals surface area contributed by atoms with Gasteiger partial charge < -0.3 is 14.6 Å². The maximum Gasteiger partial charge on any atom is 0.419 e. The van der Waals surface area contributed by atoms with Crippen molar-refractivity contribution in [3.8, 4) is 17.3 Å². The molecule has 0 unspecified atom stereocenters. The number of fused-ring (bicyclic) bond motifs is 1. The Labute approximate surface area is 228 Å². The minimum Gasteiger partial charge on any atom is -0.361 e. The number of nitriles is 1. The highest BCUT2D eigenvalue weighted by atomic mass is 28.3. The van der Waals surface area contributed by atoms with E-state index in [9.17, 15) is 18.4 Å². The summed E-state index contributed by atoms with van der Waals surface area (Å²) in [6, 6.07) is 8.56. The van der Waals surface area contributed by atoms with Crippen molar-refractivity contribution in [3.05, 3.63) is 41.7 Å². The van der Waals surface area contributed by atoms with Crippen LogP contribution in [0.1, 0.15) is 36.8 Å². The van der Waals surface area contributed by atoms with Gasteiger partial charge in [0.25, 0.3) is 0 Å². The molecule has 2 aromatic heterocycles. The van der Waals surface area contributed by atoms with Gasteiger partial charge in [0.05, 0.1) is 22.8 Å². The second kappa shape index (κ2) is 10.9. The number of hydrogen-bond donors (Lipinski definition) is 1. The average Bonchev–Trinajstić information content (AvgIpc) is 3.51. The molecule has 2 fully saturated rings. The van der Waals surface area contributed by atoms with E-state index in [-0.39, 0.29) is 24.4 Å². The number of hydrogen-bond acceptors (Lipinski definition) is 6. The molecular formula is C28H35F3N6OSi. The first-order valence-corrected chi connectivity index (χ1v) is 17.3. The first-order valence-electron chi connectivity index (χ1n) is 13.6. The van der Waals surface area contributed by atoms with E-state index in [1.165, 1.54) is 12.8 Å². The number of anilines is 1. The topological polar surface area (TPSA) is 79.0 Å². The van der Waals surface area contributed by atoms with Gasteiger partial charge in [-0.05, 0) is 56.9 Å². The highest BCUT2D eigenvalue weighted by Crippen LogP contribution is 2.40. The van der Waals surface area contributed by atoms with Crippen LogP contribution in [0.15, 0.2) is 30.6 Å². The minimum atomic E-state index is -4.63. The van der Waals surface area contributed by atoms with Gasteiger partial charge in [0, 0.05) is 50.1 Å². The van der Waals surface area contributed by atoms with Crippen molar-refractivity contribution in [1.82, 2.24) is 19.4 Å². The van der Waals surface area contributed by atoms with Gasteiger partial charge in [-0.3, -0.25) is 4.90 Å².